The van der Waals surface area contributed by atoms with Gasteiger partial charge in [0, 0.05) is 44.5 Å². The smallest absolute Gasteiger partial charge is 0.296 e. The number of aromatic nitrogens is 4. The van der Waals surface area contributed by atoms with E-state index in [1.54, 1.807) is 24.3 Å². The van der Waals surface area contributed by atoms with Gasteiger partial charge in [0.15, 0.2) is 5.82 Å². The minimum absolute atomic E-state index is 0.342. The number of hydrogen-bond donors (Lipinski definition) is 1. The van der Waals surface area contributed by atoms with E-state index in [1.807, 2.05) is 18.2 Å². The van der Waals surface area contributed by atoms with Gasteiger partial charge in [-0.25, -0.2) is 13.8 Å². The van der Waals surface area contributed by atoms with Gasteiger partial charge in [-0.2, -0.15) is 9.97 Å². The molecule has 0 spiro atoms. The Balaban J connectivity index is 1.38. The third-order valence-electron chi connectivity index (χ3n) is 6.83. The Bertz CT molecular complexity index is 1400. The zero-order valence-electron chi connectivity index (χ0n) is 20.9. The van der Waals surface area contributed by atoms with Gasteiger partial charge >= 0.3 is 0 Å². The van der Waals surface area contributed by atoms with E-state index in [0.29, 0.717) is 74.7 Å². The Morgan fingerprint density at radius 1 is 0.789 bits per heavy atom. The van der Waals surface area contributed by atoms with Gasteiger partial charge in [0.2, 0.25) is 5.95 Å². The van der Waals surface area contributed by atoms with Gasteiger partial charge in [0.1, 0.15) is 11.6 Å². The second-order valence-electron chi connectivity index (χ2n) is 9.18. The molecule has 6 rings (SSSR count). The molecule has 4 aromatic rings. The number of halogens is 2. The van der Waals surface area contributed by atoms with E-state index >= 15 is 0 Å². The standard InChI is InChI=1S/C27H29F2N7O2/c28-25(29)26-31-20-6-2-4-8-22(20)36(26)24-17-23(35-11-15-38-16-12-35)32-27(33-24)30-18-19-5-1-3-7-21(19)34-9-13-37-14-10-34/h1-8,17,25H,9-16,18H2,(H,30,32,33). The van der Waals surface area contributed by atoms with Crippen LogP contribution in [0.2, 0.25) is 0 Å². The Kier molecular flexibility index (Phi) is 7.02. The number of nitrogens with zero attached hydrogens (tertiary/aromatic N) is 6. The number of benzene rings is 2. The highest BCUT2D eigenvalue weighted by molar-refractivity contribution is 5.78. The molecule has 2 aliphatic rings. The van der Waals surface area contributed by atoms with Crippen LogP contribution < -0.4 is 15.1 Å². The average Bonchev–Trinajstić information content (AvgIpc) is 3.37. The van der Waals surface area contributed by atoms with Gasteiger partial charge in [0.25, 0.3) is 6.43 Å². The fourth-order valence-electron chi connectivity index (χ4n) is 4.95. The van der Waals surface area contributed by atoms with Crippen LogP contribution >= 0.6 is 0 Å². The van der Waals surface area contributed by atoms with Crippen LogP contribution in [0, 0.1) is 0 Å². The monoisotopic (exact) mass is 521 g/mol. The highest BCUT2D eigenvalue weighted by Crippen LogP contribution is 2.30. The Hall–Kier alpha value is -3.83. The molecule has 1 N–H and O–H groups in total. The summed E-state index contributed by atoms with van der Waals surface area (Å²) < 4.78 is 40.7. The van der Waals surface area contributed by atoms with Crippen LogP contribution in [0.15, 0.2) is 54.6 Å². The SMILES string of the molecule is FC(F)c1nc2ccccc2n1-c1cc(N2CCOCC2)nc(NCc2ccccc2N2CCOCC2)n1. The minimum Gasteiger partial charge on any atom is -0.378 e. The van der Waals surface area contributed by atoms with Gasteiger partial charge < -0.3 is 24.6 Å². The van der Waals surface area contributed by atoms with Crippen LogP contribution in [0.1, 0.15) is 17.8 Å². The van der Waals surface area contributed by atoms with E-state index in [1.165, 1.54) is 4.57 Å². The zero-order chi connectivity index (χ0) is 25.9. The zero-order valence-corrected chi connectivity index (χ0v) is 20.9. The van der Waals surface area contributed by atoms with Gasteiger partial charge in [-0.15, -0.1) is 0 Å². The van der Waals surface area contributed by atoms with Crippen LogP contribution in [0.4, 0.5) is 26.2 Å². The molecule has 0 bridgehead atoms. The maximum Gasteiger partial charge on any atom is 0.296 e. The summed E-state index contributed by atoms with van der Waals surface area (Å²) in [5.41, 5.74) is 3.28. The topological polar surface area (TPSA) is 80.6 Å². The molecule has 2 aromatic carbocycles. The molecule has 0 amide bonds. The molecule has 0 radical (unpaired) electrons. The summed E-state index contributed by atoms with van der Waals surface area (Å²) in [7, 11) is 0. The highest BCUT2D eigenvalue weighted by Gasteiger charge is 2.23. The van der Waals surface area contributed by atoms with Crippen molar-refractivity contribution in [1.82, 2.24) is 19.5 Å². The van der Waals surface area contributed by atoms with E-state index in [0.717, 1.165) is 24.3 Å². The summed E-state index contributed by atoms with van der Waals surface area (Å²) in [6.07, 6.45) is -2.76. The fourth-order valence-corrected chi connectivity index (χ4v) is 4.95. The first-order chi connectivity index (χ1) is 18.7. The predicted octanol–water partition coefficient (Wildman–Crippen LogP) is 4.04. The molecule has 2 fully saturated rings. The number of ether oxygens (including phenoxy) is 2. The average molecular weight is 522 g/mol. The van der Waals surface area contributed by atoms with Crippen molar-refractivity contribution in [3.63, 3.8) is 0 Å². The molecule has 9 nitrogen and oxygen atoms in total. The van der Waals surface area contributed by atoms with E-state index in [9.17, 15) is 8.78 Å². The lowest BCUT2D eigenvalue weighted by molar-refractivity contribution is 0.122. The molecule has 4 heterocycles. The molecule has 2 saturated heterocycles. The number of anilines is 3. The van der Waals surface area contributed by atoms with Crippen molar-refractivity contribution in [2.75, 3.05) is 67.7 Å². The molecule has 0 aliphatic carbocycles. The van der Waals surface area contributed by atoms with Crippen molar-refractivity contribution >= 4 is 28.5 Å². The van der Waals surface area contributed by atoms with Crippen molar-refractivity contribution in [1.29, 1.82) is 0 Å². The van der Waals surface area contributed by atoms with Gasteiger partial charge in [0.05, 0.1) is 37.5 Å². The lowest BCUT2D eigenvalue weighted by atomic mass is 10.1. The molecule has 11 heteroatoms. The lowest BCUT2D eigenvalue weighted by Crippen LogP contribution is -2.37. The maximum absolute atomic E-state index is 14.1. The van der Waals surface area contributed by atoms with Crippen molar-refractivity contribution < 1.29 is 18.3 Å². The summed E-state index contributed by atoms with van der Waals surface area (Å²) in [5, 5.41) is 3.36. The number of alkyl halides is 2. The van der Waals surface area contributed by atoms with Crippen LogP contribution in [-0.4, -0.2) is 72.1 Å². The van der Waals surface area contributed by atoms with E-state index < -0.39 is 6.43 Å². The minimum atomic E-state index is -2.76. The molecular weight excluding hydrogens is 492 g/mol. The van der Waals surface area contributed by atoms with E-state index in [4.69, 9.17) is 19.4 Å². The third-order valence-corrected chi connectivity index (χ3v) is 6.83. The first-order valence-electron chi connectivity index (χ1n) is 12.8. The molecule has 2 aliphatic heterocycles. The number of imidazole rings is 1. The van der Waals surface area contributed by atoms with Crippen LogP contribution in [-0.2, 0) is 16.0 Å². The normalized spacial score (nSPS) is 16.4. The number of rotatable bonds is 7. The summed E-state index contributed by atoms with van der Waals surface area (Å²) in [6, 6.07) is 17.0. The summed E-state index contributed by atoms with van der Waals surface area (Å²) in [5.74, 6) is 1.01. The molecule has 198 valence electrons. The van der Waals surface area contributed by atoms with Gasteiger partial charge in [-0.05, 0) is 23.8 Å². The first-order valence-corrected chi connectivity index (χ1v) is 12.8. The van der Waals surface area contributed by atoms with Crippen LogP contribution in [0.25, 0.3) is 16.9 Å². The van der Waals surface area contributed by atoms with Crippen molar-refractivity contribution in [3.05, 3.63) is 66.0 Å². The van der Waals surface area contributed by atoms with Crippen LogP contribution in [0.5, 0.6) is 0 Å². The Labute approximate surface area is 219 Å². The molecule has 0 atom stereocenters. The quantitative estimate of drug-likeness (QED) is 0.391. The van der Waals surface area contributed by atoms with Crippen molar-refractivity contribution in [2.45, 2.75) is 13.0 Å². The van der Waals surface area contributed by atoms with Crippen molar-refractivity contribution in [3.8, 4) is 5.82 Å². The van der Waals surface area contributed by atoms with Crippen molar-refractivity contribution in [2.24, 2.45) is 0 Å². The largest absolute Gasteiger partial charge is 0.378 e. The van der Waals surface area contributed by atoms with E-state index in [-0.39, 0.29) is 5.82 Å². The molecular formula is C27H29F2N7O2. The Morgan fingerprint density at radius 2 is 1.45 bits per heavy atom. The predicted molar refractivity (Wildman–Crippen MR) is 141 cm³/mol. The first kappa shape index (κ1) is 24.5. The highest BCUT2D eigenvalue weighted by atomic mass is 19.3. The number of morpholine rings is 2. The number of hydrogen-bond acceptors (Lipinski definition) is 8. The van der Waals surface area contributed by atoms with Gasteiger partial charge in [-0.3, -0.25) is 4.57 Å². The lowest BCUT2D eigenvalue weighted by Gasteiger charge is -2.30. The fraction of sp³-hybridized carbons (Fsp3) is 0.370. The summed E-state index contributed by atoms with van der Waals surface area (Å²) in [4.78, 5) is 18.1. The number of fused-ring (bicyclic) bond motifs is 1. The second kappa shape index (κ2) is 10.9. The molecule has 38 heavy (non-hydrogen) atoms. The molecule has 2 aromatic heterocycles. The van der Waals surface area contributed by atoms with Gasteiger partial charge in [-0.1, -0.05) is 30.3 Å². The summed E-state index contributed by atoms with van der Waals surface area (Å²) >= 11 is 0. The second-order valence-corrected chi connectivity index (χ2v) is 9.18. The maximum atomic E-state index is 14.1. The molecule has 0 unspecified atom stereocenters. The van der Waals surface area contributed by atoms with E-state index in [2.05, 4.69) is 32.2 Å². The summed E-state index contributed by atoms with van der Waals surface area (Å²) in [6.45, 7) is 5.98. The number of para-hydroxylation sites is 3. The third kappa shape index (κ3) is 4.99. The number of nitrogens with one attached hydrogen (secondary N) is 1. The molecule has 0 saturated carbocycles. The van der Waals surface area contributed by atoms with Crippen LogP contribution in [0.3, 0.4) is 0 Å². The Morgan fingerprint density at radius 3 is 2.21 bits per heavy atom.